The zero-order valence-electron chi connectivity index (χ0n) is 13.4. The summed E-state index contributed by atoms with van der Waals surface area (Å²) >= 11 is 1.91. The fraction of sp³-hybridized carbons (Fsp3) is 0.647. The Kier molecular flexibility index (Phi) is 6.71. The van der Waals surface area contributed by atoms with E-state index in [2.05, 4.69) is 38.2 Å². The Labute approximate surface area is 132 Å². The Bertz CT molecular complexity index is 439. The third-order valence-corrected chi connectivity index (χ3v) is 4.93. The van der Waals surface area contributed by atoms with Crippen molar-refractivity contribution in [2.24, 2.45) is 0 Å². The smallest absolute Gasteiger partial charge is 0.162 e. The van der Waals surface area contributed by atoms with Crippen LogP contribution in [0.4, 0.5) is 0 Å². The molecule has 0 fully saturated rings. The molecule has 0 aromatic heterocycles. The summed E-state index contributed by atoms with van der Waals surface area (Å²) < 4.78 is 11.5. The van der Waals surface area contributed by atoms with E-state index in [4.69, 9.17) is 9.47 Å². The molecule has 1 N–H and O–H groups in total. The molecule has 1 heterocycles. The standard InChI is InChI=1S/C17H27NO2S/c1-4-9-18-15(5-2)13(3)21-14-7-8-16-17(12-14)20-11-6-10-19-16/h7-8,12-13,15,18H,4-6,9-11H2,1-3H3. The first-order valence-corrected chi connectivity index (χ1v) is 8.92. The molecule has 0 saturated carbocycles. The van der Waals surface area contributed by atoms with E-state index in [-0.39, 0.29) is 0 Å². The van der Waals surface area contributed by atoms with Gasteiger partial charge < -0.3 is 14.8 Å². The van der Waals surface area contributed by atoms with Gasteiger partial charge in [0.15, 0.2) is 11.5 Å². The molecule has 1 aromatic rings. The van der Waals surface area contributed by atoms with Gasteiger partial charge in [-0.05, 0) is 37.6 Å². The summed E-state index contributed by atoms with van der Waals surface area (Å²) in [4.78, 5) is 1.25. The quantitative estimate of drug-likeness (QED) is 0.768. The predicted molar refractivity (Wildman–Crippen MR) is 89.7 cm³/mol. The summed E-state index contributed by atoms with van der Waals surface area (Å²) in [6.45, 7) is 9.33. The lowest BCUT2D eigenvalue weighted by atomic mass is 10.1. The van der Waals surface area contributed by atoms with Crippen LogP contribution in [0.1, 0.15) is 40.0 Å². The summed E-state index contributed by atoms with van der Waals surface area (Å²) in [5.74, 6) is 1.76. The molecule has 2 rings (SSSR count). The third-order valence-electron chi connectivity index (χ3n) is 3.70. The zero-order chi connectivity index (χ0) is 15.1. The van der Waals surface area contributed by atoms with Gasteiger partial charge in [0.2, 0.25) is 0 Å². The van der Waals surface area contributed by atoms with Gasteiger partial charge in [-0.1, -0.05) is 20.8 Å². The maximum atomic E-state index is 5.77. The van der Waals surface area contributed by atoms with Crippen molar-refractivity contribution < 1.29 is 9.47 Å². The molecule has 3 nitrogen and oxygen atoms in total. The highest BCUT2D eigenvalue weighted by Crippen LogP contribution is 2.35. The minimum absolute atomic E-state index is 0.534. The second kappa shape index (κ2) is 8.54. The normalized spacial score (nSPS) is 17.1. The lowest BCUT2D eigenvalue weighted by molar-refractivity contribution is 0.297. The first-order chi connectivity index (χ1) is 10.2. The molecular weight excluding hydrogens is 282 g/mol. The second-order valence-electron chi connectivity index (χ2n) is 5.45. The van der Waals surface area contributed by atoms with Crippen molar-refractivity contribution in [1.82, 2.24) is 5.32 Å². The first-order valence-electron chi connectivity index (χ1n) is 8.04. The van der Waals surface area contributed by atoms with Gasteiger partial charge in [-0.2, -0.15) is 0 Å². The van der Waals surface area contributed by atoms with Gasteiger partial charge in [0, 0.05) is 22.6 Å². The Morgan fingerprint density at radius 1 is 1.19 bits per heavy atom. The summed E-state index contributed by atoms with van der Waals surface area (Å²) in [6, 6.07) is 6.84. The van der Waals surface area contributed by atoms with Crippen molar-refractivity contribution in [3.05, 3.63) is 18.2 Å². The van der Waals surface area contributed by atoms with E-state index in [1.165, 1.54) is 11.3 Å². The minimum atomic E-state index is 0.534. The molecular formula is C17H27NO2S. The van der Waals surface area contributed by atoms with E-state index in [9.17, 15) is 0 Å². The van der Waals surface area contributed by atoms with E-state index >= 15 is 0 Å². The van der Waals surface area contributed by atoms with Crippen LogP contribution in [-0.4, -0.2) is 31.1 Å². The molecule has 2 unspecified atom stereocenters. The molecule has 1 aliphatic heterocycles. The van der Waals surface area contributed by atoms with Crippen LogP contribution < -0.4 is 14.8 Å². The maximum Gasteiger partial charge on any atom is 0.162 e. The van der Waals surface area contributed by atoms with Crippen molar-refractivity contribution in [3.8, 4) is 11.5 Å². The van der Waals surface area contributed by atoms with E-state index in [1.54, 1.807) is 0 Å². The summed E-state index contributed by atoms with van der Waals surface area (Å²) in [7, 11) is 0. The van der Waals surface area contributed by atoms with Crippen LogP contribution in [-0.2, 0) is 0 Å². The Balaban J connectivity index is 2.00. The van der Waals surface area contributed by atoms with Gasteiger partial charge in [-0.15, -0.1) is 11.8 Å². The van der Waals surface area contributed by atoms with E-state index in [1.807, 2.05) is 17.8 Å². The van der Waals surface area contributed by atoms with Gasteiger partial charge in [0.25, 0.3) is 0 Å². The molecule has 1 aliphatic rings. The topological polar surface area (TPSA) is 30.5 Å². The highest BCUT2D eigenvalue weighted by atomic mass is 32.2. The number of fused-ring (bicyclic) bond motifs is 1. The molecule has 0 spiro atoms. The zero-order valence-corrected chi connectivity index (χ0v) is 14.2. The molecule has 0 radical (unpaired) electrons. The fourth-order valence-corrected chi connectivity index (χ4v) is 3.69. The molecule has 0 amide bonds. The first kappa shape index (κ1) is 16.5. The Morgan fingerprint density at radius 3 is 2.67 bits per heavy atom. The van der Waals surface area contributed by atoms with Crippen LogP contribution in [0, 0.1) is 0 Å². The molecule has 1 aromatic carbocycles. The number of ether oxygens (including phenoxy) is 2. The van der Waals surface area contributed by atoms with Crippen molar-refractivity contribution in [2.75, 3.05) is 19.8 Å². The minimum Gasteiger partial charge on any atom is -0.490 e. The molecule has 118 valence electrons. The Morgan fingerprint density at radius 2 is 1.95 bits per heavy atom. The van der Waals surface area contributed by atoms with E-state index in [0.717, 1.165) is 44.1 Å². The van der Waals surface area contributed by atoms with Crippen LogP contribution in [0.5, 0.6) is 11.5 Å². The van der Waals surface area contributed by atoms with Crippen molar-refractivity contribution in [3.63, 3.8) is 0 Å². The van der Waals surface area contributed by atoms with Crippen molar-refractivity contribution in [2.45, 2.75) is 56.2 Å². The second-order valence-corrected chi connectivity index (χ2v) is 6.90. The lowest BCUT2D eigenvalue weighted by Gasteiger charge is -2.23. The lowest BCUT2D eigenvalue weighted by Crippen LogP contribution is -2.36. The van der Waals surface area contributed by atoms with Crippen molar-refractivity contribution >= 4 is 11.8 Å². The van der Waals surface area contributed by atoms with Crippen LogP contribution in [0.15, 0.2) is 23.1 Å². The molecule has 4 heteroatoms. The number of nitrogens with one attached hydrogen (secondary N) is 1. The van der Waals surface area contributed by atoms with Crippen LogP contribution in [0.2, 0.25) is 0 Å². The Hall–Kier alpha value is -0.870. The summed E-state index contributed by atoms with van der Waals surface area (Å²) in [6.07, 6.45) is 3.28. The molecule has 0 saturated heterocycles. The fourth-order valence-electron chi connectivity index (χ4n) is 2.49. The highest BCUT2D eigenvalue weighted by molar-refractivity contribution is 8.00. The van der Waals surface area contributed by atoms with E-state index in [0.29, 0.717) is 11.3 Å². The van der Waals surface area contributed by atoms with Crippen molar-refractivity contribution in [1.29, 1.82) is 0 Å². The van der Waals surface area contributed by atoms with Gasteiger partial charge in [-0.25, -0.2) is 0 Å². The van der Waals surface area contributed by atoms with Gasteiger partial charge in [-0.3, -0.25) is 0 Å². The summed E-state index contributed by atoms with van der Waals surface area (Å²) in [5, 5.41) is 4.17. The number of hydrogen-bond donors (Lipinski definition) is 1. The molecule has 0 bridgehead atoms. The van der Waals surface area contributed by atoms with Gasteiger partial charge in [0.1, 0.15) is 0 Å². The van der Waals surface area contributed by atoms with Crippen LogP contribution >= 0.6 is 11.8 Å². The van der Waals surface area contributed by atoms with Crippen LogP contribution in [0.25, 0.3) is 0 Å². The monoisotopic (exact) mass is 309 g/mol. The molecule has 2 atom stereocenters. The largest absolute Gasteiger partial charge is 0.490 e. The van der Waals surface area contributed by atoms with Gasteiger partial charge >= 0.3 is 0 Å². The number of hydrogen-bond acceptors (Lipinski definition) is 4. The average Bonchev–Trinajstić information content (AvgIpc) is 2.73. The number of thioether (sulfide) groups is 1. The molecule has 21 heavy (non-hydrogen) atoms. The maximum absolute atomic E-state index is 5.77. The number of rotatable bonds is 7. The molecule has 0 aliphatic carbocycles. The summed E-state index contributed by atoms with van der Waals surface area (Å²) in [5.41, 5.74) is 0. The predicted octanol–water partition coefficient (Wildman–Crippen LogP) is 4.11. The van der Waals surface area contributed by atoms with E-state index < -0.39 is 0 Å². The highest BCUT2D eigenvalue weighted by Gasteiger charge is 2.17. The SMILES string of the molecule is CCCNC(CC)C(C)Sc1ccc2c(c1)OCCCO2. The van der Waals surface area contributed by atoms with Crippen LogP contribution in [0.3, 0.4) is 0 Å². The average molecular weight is 309 g/mol. The van der Waals surface area contributed by atoms with Gasteiger partial charge in [0.05, 0.1) is 13.2 Å². The number of benzene rings is 1. The third kappa shape index (κ3) is 4.82.